The predicted octanol–water partition coefficient (Wildman–Crippen LogP) is 4.81. The number of nitrogens with zero attached hydrogens (tertiary/aromatic N) is 2. The number of ether oxygens (including phenoxy) is 2. The van der Waals surface area contributed by atoms with Gasteiger partial charge in [0, 0.05) is 31.9 Å². The number of benzene rings is 2. The van der Waals surface area contributed by atoms with Crippen LogP contribution in [-0.2, 0) is 14.3 Å². The molecule has 0 unspecified atom stereocenters. The Labute approximate surface area is 199 Å². The maximum absolute atomic E-state index is 13.1. The second kappa shape index (κ2) is 12.4. The van der Waals surface area contributed by atoms with Crippen molar-refractivity contribution in [3.63, 3.8) is 0 Å². The zero-order chi connectivity index (χ0) is 24.5. The molecule has 0 radical (unpaired) electrons. The van der Waals surface area contributed by atoms with Crippen LogP contribution < -0.4 is 10.1 Å². The van der Waals surface area contributed by atoms with Crippen molar-refractivity contribution in [3.8, 4) is 5.75 Å². The van der Waals surface area contributed by atoms with Crippen LogP contribution in [0.3, 0.4) is 0 Å². The zero-order valence-electron chi connectivity index (χ0n) is 18.4. The number of anilines is 1. The highest BCUT2D eigenvalue weighted by Crippen LogP contribution is 2.32. The fourth-order valence-corrected chi connectivity index (χ4v) is 4.31. The van der Waals surface area contributed by atoms with Gasteiger partial charge in [-0.05, 0) is 61.9 Å². The molecule has 1 N–H and O–H groups in total. The predicted molar refractivity (Wildman–Crippen MR) is 124 cm³/mol. The first-order chi connectivity index (χ1) is 16.4. The molecule has 1 aliphatic heterocycles. The number of amidine groups is 1. The van der Waals surface area contributed by atoms with E-state index in [2.05, 4.69) is 15.0 Å². The first-order valence-corrected chi connectivity index (χ1v) is 11.5. The number of thioether (sulfide) groups is 1. The standard InChI is InChI=1S/C23H24F3N3O4S/c1-2-32-13-3-12-29-21(31)19(14-20(30)27-16-6-4-15(24)5-7-16)34-23(29)28-17-8-10-18(11-9-17)33-22(25)26/h4-11,19,22H,2-3,12-14H2,1H3,(H,27,30)/t19-/m1/s1. The molecule has 0 bridgehead atoms. The maximum Gasteiger partial charge on any atom is 0.387 e. The number of carbonyl (C=O) groups is 2. The lowest BCUT2D eigenvalue weighted by Gasteiger charge is -2.16. The van der Waals surface area contributed by atoms with Crippen molar-refractivity contribution in [2.24, 2.45) is 4.99 Å². The molecule has 11 heteroatoms. The number of hydrogen-bond acceptors (Lipinski definition) is 6. The van der Waals surface area contributed by atoms with Gasteiger partial charge in [0.05, 0.1) is 5.69 Å². The number of hydrogen-bond donors (Lipinski definition) is 1. The van der Waals surface area contributed by atoms with Gasteiger partial charge in [-0.3, -0.25) is 14.5 Å². The maximum atomic E-state index is 13.1. The van der Waals surface area contributed by atoms with E-state index in [0.29, 0.717) is 42.7 Å². The van der Waals surface area contributed by atoms with Gasteiger partial charge in [-0.2, -0.15) is 8.78 Å². The molecule has 3 rings (SSSR count). The molecular weight excluding hydrogens is 471 g/mol. The number of halogens is 3. The molecule has 0 spiro atoms. The van der Waals surface area contributed by atoms with Crippen LogP contribution in [0.5, 0.6) is 5.75 Å². The van der Waals surface area contributed by atoms with Gasteiger partial charge in [0.1, 0.15) is 16.8 Å². The lowest BCUT2D eigenvalue weighted by atomic mass is 10.2. The molecule has 0 aromatic heterocycles. The Morgan fingerprint density at radius 1 is 1.18 bits per heavy atom. The number of alkyl halides is 2. The summed E-state index contributed by atoms with van der Waals surface area (Å²) in [6.45, 7) is 0.327. The minimum atomic E-state index is -2.93. The highest BCUT2D eigenvalue weighted by Gasteiger charge is 2.38. The Morgan fingerprint density at radius 3 is 2.53 bits per heavy atom. The average molecular weight is 496 g/mol. The van der Waals surface area contributed by atoms with E-state index >= 15 is 0 Å². The van der Waals surface area contributed by atoms with Crippen molar-refractivity contribution in [1.29, 1.82) is 0 Å². The minimum absolute atomic E-state index is 0.00184. The fourth-order valence-electron chi connectivity index (χ4n) is 3.13. The molecule has 1 atom stereocenters. The first kappa shape index (κ1) is 25.6. The van der Waals surface area contributed by atoms with E-state index < -0.39 is 17.7 Å². The van der Waals surface area contributed by atoms with Gasteiger partial charge in [-0.25, -0.2) is 9.38 Å². The number of amides is 2. The summed E-state index contributed by atoms with van der Waals surface area (Å²) in [6.07, 6.45) is 0.484. The Bertz CT molecular complexity index is 1000. The molecule has 0 saturated carbocycles. The highest BCUT2D eigenvalue weighted by molar-refractivity contribution is 8.15. The number of nitrogens with one attached hydrogen (secondary N) is 1. The lowest BCUT2D eigenvalue weighted by molar-refractivity contribution is -0.128. The first-order valence-electron chi connectivity index (χ1n) is 10.6. The zero-order valence-corrected chi connectivity index (χ0v) is 19.2. The Kier molecular flexibility index (Phi) is 9.34. The monoisotopic (exact) mass is 495 g/mol. The van der Waals surface area contributed by atoms with Crippen LogP contribution in [0.25, 0.3) is 0 Å². The van der Waals surface area contributed by atoms with Gasteiger partial charge < -0.3 is 14.8 Å². The number of rotatable bonds is 11. The van der Waals surface area contributed by atoms with E-state index in [-0.39, 0.29) is 24.0 Å². The second-order valence-electron chi connectivity index (χ2n) is 7.17. The third-order valence-corrected chi connectivity index (χ3v) is 5.86. The summed E-state index contributed by atoms with van der Waals surface area (Å²) in [4.78, 5) is 31.5. The van der Waals surface area contributed by atoms with Gasteiger partial charge in [-0.1, -0.05) is 11.8 Å². The number of aliphatic imine (C=N–C) groups is 1. The average Bonchev–Trinajstić information content (AvgIpc) is 3.08. The molecule has 7 nitrogen and oxygen atoms in total. The van der Waals surface area contributed by atoms with E-state index in [9.17, 15) is 22.8 Å². The van der Waals surface area contributed by atoms with Crippen LogP contribution in [0.4, 0.5) is 24.5 Å². The van der Waals surface area contributed by atoms with Gasteiger partial charge in [0.2, 0.25) is 11.8 Å². The molecular formula is C23H24F3N3O4S. The van der Waals surface area contributed by atoms with Crippen LogP contribution in [0, 0.1) is 5.82 Å². The molecule has 1 saturated heterocycles. The SMILES string of the molecule is CCOCCCN1C(=O)[C@@H](CC(=O)Nc2ccc(F)cc2)SC1=Nc1ccc(OC(F)F)cc1. The largest absolute Gasteiger partial charge is 0.435 e. The Hall–Kier alpha value is -3.05. The minimum Gasteiger partial charge on any atom is -0.435 e. The topological polar surface area (TPSA) is 80.2 Å². The van der Waals surface area contributed by atoms with Crippen LogP contribution >= 0.6 is 11.8 Å². The lowest BCUT2D eigenvalue weighted by Crippen LogP contribution is -2.34. The van der Waals surface area contributed by atoms with Crippen molar-refractivity contribution in [3.05, 3.63) is 54.3 Å². The normalized spacial score (nSPS) is 17.0. The third-order valence-electron chi connectivity index (χ3n) is 4.68. The molecule has 2 aromatic carbocycles. The van der Waals surface area contributed by atoms with Crippen LogP contribution in [0.2, 0.25) is 0 Å². The summed E-state index contributed by atoms with van der Waals surface area (Å²) < 4.78 is 47.5. The van der Waals surface area contributed by atoms with Gasteiger partial charge >= 0.3 is 6.61 Å². The van der Waals surface area contributed by atoms with Crippen LogP contribution in [0.15, 0.2) is 53.5 Å². The summed E-state index contributed by atoms with van der Waals surface area (Å²) >= 11 is 1.16. The summed E-state index contributed by atoms with van der Waals surface area (Å²) in [5.74, 6) is -1.07. The molecule has 1 aliphatic rings. The molecule has 34 heavy (non-hydrogen) atoms. The molecule has 1 fully saturated rings. The van der Waals surface area contributed by atoms with Crippen LogP contribution in [0.1, 0.15) is 19.8 Å². The van der Waals surface area contributed by atoms with E-state index in [1.165, 1.54) is 53.4 Å². The van der Waals surface area contributed by atoms with Gasteiger partial charge in [-0.15, -0.1) is 0 Å². The molecule has 0 aliphatic carbocycles. The van der Waals surface area contributed by atoms with E-state index in [1.54, 1.807) is 0 Å². The summed E-state index contributed by atoms with van der Waals surface area (Å²) in [5.41, 5.74) is 0.874. The van der Waals surface area contributed by atoms with E-state index in [4.69, 9.17) is 4.74 Å². The summed E-state index contributed by atoms with van der Waals surface area (Å²) in [6, 6.07) is 11.1. The highest BCUT2D eigenvalue weighted by atomic mass is 32.2. The third kappa shape index (κ3) is 7.49. The van der Waals surface area contributed by atoms with E-state index in [1.807, 2.05) is 6.92 Å². The smallest absolute Gasteiger partial charge is 0.387 e. The van der Waals surface area contributed by atoms with Gasteiger partial charge in [0.15, 0.2) is 5.17 Å². The quantitative estimate of drug-likeness (QED) is 0.453. The second-order valence-corrected chi connectivity index (χ2v) is 8.34. The fraction of sp³-hybridized carbons (Fsp3) is 0.348. The Balaban J connectivity index is 1.71. The van der Waals surface area contributed by atoms with E-state index in [0.717, 1.165) is 11.8 Å². The number of carbonyl (C=O) groups excluding carboxylic acids is 2. The molecule has 182 valence electrons. The van der Waals surface area contributed by atoms with Crippen LogP contribution in [-0.4, -0.2) is 53.5 Å². The summed E-state index contributed by atoms with van der Waals surface area (Å²) in [7, 11) is 0. The Morgan fingerprint density at radius 2 is 1.88 bits per heavy atom. The molecule has 1 heterocycles. The van der Waals surface area contributed by atoms with Crippen molar-refractivity contribution in [1.82, 2.24) is 4.90 Å². The van der Waals surface area contributed by atoms with Crippen molar-refractivity contribution in [2.75, 3.05) is 25.1 Å². The van der Waals surface area contributed by atoms with Crippen molar-refractivity contribution in [2.45, 2.75) is 31.6 Å². The summed E-state index contributed by atoms with van der Waals surface area (Å²) in [5, 5.41) is 2.37. The molecule has 2 aromatic rings. The molecule has 2 amide bonds. The van der Waals surface area contributed by atoms with Crippen molar-refractivity contribution < 1.29 is 32.2 Å². The van der Waals surface area contributed by atoms with Crippen molar-refractivity contribution >= 4 is 40.1 Å². The van der Waals surface area contributed by atoms with Gasteiger partial charge in [0.25, 0.3) is 0 Å².